The number of ether oxygens (including phenoxy) is 1. The molecule has 1 aliphatic heterocycles. The molecule has 1 saturated heterocycles. The zero-order chi connectivity index (χ0) is 9.68. The van der Waals surface area contributed by atoms with Crippen molar-refractivity contribution in [2.45, 2.75) is 38.8 Å². The number of aliphatic hydroxyl groups is 1. The Bertz CT molecular complexity index is 133. The smallest absolute Gasteiger partial charge is 0.0694 e. The van der Waals surface area contributed by atoms with Crippen LogP contribution in [0.15, 0.2) is 0 Å². The van der Waals surface area contributed by atoms with Crippen LogP contribution in [0.5, 0.6) is 0 Å². The lowest BCUT2D eigenvalue weighted by Crippen LogP contribution is -2.38. The van der Waals surface area contributed by atoms with Gasteiger partial charge in [0.15, 0.2) is 0 Å². The average molecular weight is 187 g/mol. The van der Waals surface area contributed by atoms with Gasteiger partial charge in [0.25, 0.3) is 0 Å². The molecule has 0 saturated carbocycles. The Labute approximate surface area is 80.5 Å². The van der Waals surface area contributed by atoms with Gasteiger partial charge in [0.1, 0.15) is 0 Å². The van der Waals surface area contributed by atoms with Crippen LogP contribution in [0.2, 0.25) is 0 Å². The highest BCUT2D eigenvalue weighted by molar-refractivity contribution is 4.74. The Morgan fingerprint density at radius 2 is 2.00 bits per heavy atom. The van der Waals surface area contributed by atoms with Crippen LogP contribution in [0.3, 0.4) is 0 Å². The summed E-state index contributed by atoms with van der Waals surface area (Å²) in [4.78, 5) is 0. The third-order valence-electron chi connectivity index (χ3n) is 2.55. The highest BCUT2D eigenvalue weighted by Crippen LogP contribution is 2.18. The molecule has 1 fully saturated rings. The summed E-state index contributed by atoms with van der Waals surface area (Å²) < 4.78 is 5.24. The Kier molecular flexibility index (Phi) is 4.70. The van der Waals surface area contributed by atoms with Crippen LogP contribution in [0.4, 0.5) is 0 Å². The quantitative estimate of drug-likeness (QED) is 0.683. The van der Waals surface area contributed by atoms with Crippen LogP contribution in [-0.2, 0) is 4.74 Å². The Morgan fingerprint density at radius 1 is 1.38 bits per heavy atom. The van der Waals surface area contributed by atoms with Crippen LogP contribution in [-0.4, -0.2) is 37.0 Å². The Morgan fingerprint density at radius 3 is 2.54 bits per heavy atom. The van der Waals surface area contributed by atoms with E-state index in [0.717, 1.165) is 26.1 Å². The molecule has 78 valence electrons. The fourth-order valence-corrected chi connectivity index (χ4v) is 1.62. The predicted octanol–water partition coefficient (Wildman–Crippen LogP) is 0.772. The first-order valence-corrected chi connectivity index (χ1v) is 5.19. The Balaban J connectivity index is 2.17. The topological polar surface area (TPSA) is 41.5 Å². The number of rotatable bonds is 4. The lowest BCUT2D eigenvalue weighted by Gasteiger charge is -2.27. The second-order valence-corrected chi connectivity index (χ2v) is 4.08. The third-order valence-corrected chi connectivity index (χ3v) is 2.55. The van der Waals surface area contributed by atoms with Gasteiger partial charge in [-0.05, 0) is 18.8 Å². The molecule has 3 nitrogen and oxygen atoms in total. The highest BCUT2D eigenvalue weighted by atomic mass is 16.5. The van der Waals surface area contributed by atoms with Crippen molar-refractivity contribution in [3.05, 3.63) is 0 Å². The largest absolute Gasteiger partial charge is 0.392 e. The van der Waals surface area contributed by atoms with Crippen molar-refractivity contribution in [1.82, 2.24) is 5.32 Å². The van der Waals surface area contributed by atoms with Gasteiger partial charge in [-0.25, -0.2) is 0 Å². The van der Waals surface area contributed by atoms with E-state index in [4.69, 9.17) is 4.74 Å². The third kappa shape index (κ3) is 4.07. The SMILES string of the molecule is CC(C)NCC(O)C1CCOCC1. The van der Waals surface area contributed by atoms with E-state index in [1.165, 1.54) is 0 Å². The molecule has 0 amide bonds. The standard InChI is InChI=1S/C10H21NO2/c1-8(2)11-7-10(12)9-3-5-13-6-4-9/h8-12H,3-7H2,1-2H3. The molecule has 1 rings (SSSR count). The van der Waals surface area contributed by atoms with Crippen LogP contribution in [0.1, 0.15) is 26.7 Å². The maximum atomic E-state index is 9.80. The monoisotopic (exact) mass is 187 g/mol. The molecule has 0 aromatic carbocycles. The van der Waals surface area contributed by atoms with E-state index in [1.54, 1.807) is 0 Å². The lowest BCUT2D eigenvalue weighted by atomic mass is 9.94. The van der Waals surface area contributed by atoms with Gasteiger partial charge in [-0.3, -0.25) is 0 Å². The maximum absolute atomic E-state index is 9.80. The zero-order valence-electron chi connectivity index (χ0n) is 8.62. The Hall–Kier alpha value is -0.120. The summed E-state index contributed by atoms with van der Waals surface area (Å²) in [5.74, 6) is 0.431. The minimum Gasteiger partial charge on any atom is -0.392 e. The second-order valence-electron chi connectivity index (χ2n) is 4.08. The van der Waals surface area contributed by atoms with E-state index in [9.17, 15) is 5.11 Å². The fourth-order valence-electron chi connectivity index (χ4n) is 1.62. The lowest BCUT2D eigenvalue weighted by molar-refractivity contribution is 0.00797. The van der Waals surface area contributed by atoms with Crippen molar-refractivity contribution in [3.63, 3.8) is 0 Å². The van der Waals surface area contributed by atoms with Gasteiger partial charge >= 0.3 is 0 Å². The zero-order valence-corrected chi connectivity index (χ0v) is 8.62. The van der Waals surface area contributed by atoms with E-state index >= 15 is 0 Å². The van der Waals surface area contributed by atoms with Gasteiger partial charge in [-0.2, -0.15) is 0 Å². The number of hydrogen-bond acceptors (Lipinski definition) is 3. The van der Waals surface area contributed by atoms with Gasteiger partial charge in [0.05, 0.1) is 6.10 Å². The second kappa shape index (κ2) is 5.58. The number of nitrogens with one attached hydrogen (secondary N) is 1. The van der Waals surface area contributed by atoms with E-state index in [2.05, 4.69) is 19.2 Å². The summed E-state index contributed by atoms with van der Waals surface area (Å²) in [5.41, 5.74) is 0. The highest BCUT2D eigenvalue weighted by Gasteiger charge is 2.21. The normalized spacial score (nSPS) is 22.2. The van der Waals surface area contributed by atoms with Gasteiger partial charge in [0.2, 0.25) is 0 Å². The van der Waals surface area contributed by atoms with Crippen molar-refractivity contribution >= 4 is 0 Å². The van der Waals surface area contributed by atoms with Gasteiger partial charge < -0.3 is 15.2 Å². The minimum atomic E-state index is -0.203. The van der Waals surface area contributed by atoms with Crippen molar-refractivity contribution in [2.75, 3.05) is 19.8 Å². The molecule has 2 N–H and O–H groups in total. The summed E-state index contributed by atoms with van der Waals surface area (Å²) in [6.07, 6.45) is 1.80. The molecule has 0 bridgehead atoms. The molecular weight excluding hydrogens is 166 g/mol. The molecule has 1 heterocycles. The summed E-state index contributed by atoms with van der Waals surface area (Å²) in [6.45, 7) is 6.52. The summed E-state index contributed by atoms with van der Waals surface area (Å²) in [5, 5.41) is 13.1. The molecule has 0 radical (unpaired) electrons. The first kappa shape index (κ1) is 11.0. The van der Waals surface area contributed by atoms with E-state index in [1.807, 2.05) is 0 Å². The van der Waals surface area contributed by atoms with Crippen LogP contribution < -0.4 is 5.32 Å². The molecule has 3 heteroatoms. The van der Waals surface area contributed by atoms with Crippen LogP contribution in [0, 0.1) is 5.92 Å². The molecule has 0 spiro atoms. The predicted molar refractivity (Wildman–Crippen MR) is 52.7 cm³/mol. The van der Waals surface area contributed by atoms with Crippen molar-refractivity contribution < 1.29 is 9.84 Å². The maximum Gasteiger partial charge on any atom is 0.0694 e. The summed E-state index contributed by atoms with van der Waals surface area (Å²) >= 11 is 0. The van der Waals surface area contributed by atoms with Crippen molar-refractivity contribution in [3.8, 4) is 0 Å². The molecule has 0 aromatic rings. The van der Waals surface area contributed by atoms with E-state index in [-0.39, 0.29) is 6.10 Å². The molecule has 1 aliphatic rings. The number of hydrogen-bond donors (Lipinski definition) is 2. The van der Waals surface area contributed by atoms with Crippen LogP contribution in [0.25, 0.3) is 0 Å². The molecule has 0 aromatic heterocycles. The van der Waals surface area contributed by atoms with Gasteiger partial charge in [0, 0.05) is 25.8 Å². The van der Waals surface area contributed by atoms with Gasteiger partial charge in [-0.1, -0.05) is 13.8 Å². The summed E-state index contributed by atoms with van der Waals surface area (Å²) in [6, 6.07) is 0.453. The first-order chi connectivity index (χ1) is 6.20. The molecular formula is C10H21NO2. The first-order valence-electron chi connectivity index (χ1n) is 5.19. The average Bonchev–Trinajstić information content (AvgIpc) is 2.15. The van der Waals surface area contributed by atoms with E-state index in [0.29, 0.717) is 18.5 Å². The summed E-state index contributed by atoms with van der Waals surface area (Å²) in [7, 11) is 0. The van der Waals surface area contributed by atoms with E-state index < -0.39 is 0 Å². The number of aliphatic hydroxyl groups excluding tert-OH is 1. The molecule has 0 aliphatic carbocycles. The van der Waals surface area contributed by atoms with Crippen molar-refractivity contribution in [1.29, 1.82) is 0 Å². The van der Waals surface area contributed by atoms with Crippen LogP contribution >= 0.6 is 0 Å². The van der Waals surface area contributed by atoms with Crippen molar-refractivity contribution in [2.24, 2.45) is 5.92 Å². The molecule has 1 unspecified atom stereocenters. The van der Waals surface area contributed by atoms with Gasteiger partial charge in [-0.15, -0.1) is 0 Å². The minimum absolute atomic E-state index is 0.203. The molecule has 13 heavy (non-hydrogen) atoms. The fraction of sp³-hybridized carbons (Fsp3) is 1.00. The molecule has 1 atom stereocenters.